The molecule has 1 N–H and O–H groups in total. The molecule has 40 heavy (non-hydrogen) atoms. The lowest BCUT2D eigenvalue weighted by molar-refractivity contribution is 0.194. The van der Waals surface area contributed by atoms with Crippen LogP contribution in [0.5, 0.6) is 11.5 Å². The predicted molar refractivity (Wildman–Crippen MR) is 150 cm³/mol. The molecule has 0 radical (unpaired) electrons. The molecule has 0 spiro atoms. The van der Waals surface area contributed by atoms with Crippen LogP contribution in [0.25, 0.3) is 11.5 Å². The van der Waals surface area contributed by atoms with Gasteiger partial charge in [0, 0.05) is 23.5 Å². The average Bonchev–Trinajstić information content (AvgIpc) is 3.54. The Morgan fingerprint density at radius 1 is 0.950 bits per heavy atom. The molecule has 0 unspecified atom stereocenters. The van der Waals surface area contributed by atoms with Crippen molar-refractivity contribution >= 4 is 11.7 Å². The van der Waals surface area contributed by atoms with E-state index in [2.05, 4.69) is 9.88 Å². The second kappa shape index (κ2) is 10.3. The van der Waals surface area contributed by atoms with Gasteiger partial charge in [0.2, 0.25) is 0 Å². The fourth-order valence-corrected chi connectivity index (χ4v) is 5.25. The monoisotopic (exact) mass is 537 g/mol. The van der Waals surface area contributed by atoms with E-state index in [0.29, 0.717) is 17.2 Å². The standard InChI is InChI=1S/C31H28FN5O3/c1-20-25-19-36(31(38)33-23-15-16-27(39-2)28(18-23)40-3)29(21-11-13-22(32)14-12-21)26-10-7-17-35(26)30(25)37(34-20)24-8-5-4-6-9-24/h4-18,29H,19H2,1-3H3,(H,33,38)/t29-/m1/s1. The second-order valence-corrected chi connectivity index (χ2v) is 9.52. The van der Waals surface area contributed by atoms with E-state index in [9.17, 15) is 9.18 Å². The third kappa shape index (κ3) is 4.35. The van der Waals surface area contributed by atoms with Gasteiger partial charge in [-0.1, -0.05) is 30.3 Å². The molecule has 1 aliphatic heterocycles. The Bertz CT molecular complexity index is 1680. The molecule has 3 heterocycles. The third-order valence-corrected chi connectivity index (χ3v) is 7.17. The quantitative estimate of drug-likeness (QED) is 0.287. The average molecular weight is 538 g/mol. The van der Waals surface area contributed by atoms with Crippen LogP contribution < -0.4 is 14.8 Å². The van der Waals surface area contributed by atoms with Crippen molar-refractivity contribution in [1.29, 1.82) is 0 Å². The lowest BCUT2D eigenvalue weighted by Gasteiger charge is -2.31. The van der Waals surface area contributed by atoms with E-state index in [0.717, 1.165) is 34.0 Å². The third-order valence-electron chi connectivity index (χ3n) is 7.17. The van der Waals surface area contributed by atoms with Crippen LogP contribution in [0.15, 0.2) is 91.1 Å². The SMILES string of the molecule is COc1ccc(NC(=O)N2Cc3c(C)nn(-c4ccccc4)c3-n3cccc3[C@H]2c2ccc(F)cc2)cc1OC. The van der Waals surface area contributed by atoms with Crippen molar-refractivity contribution in [3.05, 3.63) is 119 Å². The van der Waals surface area contributed by atoms with Gasteiger partial charge in [0.05, 0.1) is 43.9 Å². The lowest BCUT2D eigenvalue weighted by Crippen LogP contribution is -2.38. The number of carbonyl (C=O) groups is 1. The summed E-state index contributed by atoms with van der Waals surface area (Å²) in [4.78, 5) is 15.8. The van der Waals surface area contributed by atoms with Gasteiger partial charge < -0.3 is 24.3 Å². The predicted octanol–water partition coefficient (Wildman–Crippen LogP) is 6.26. The molecule has 1 aliphatic rings. The fraction of sp³-hybridized carbons (Fsp3) is 0.161. The summed E-state index contributed by atoms with van der Waals surface area (Å²) >= 11 is 0. The number of amides is 2. The Hall–Kier alpha value is -5.05. The molecule has 0 saturated heterocycles. The number of benzene rings is 3. The van der Waals surface area contributed by atoms with E-state index < -0.39 is 6.04 Å². The molecule has 3 aromatic carbocycles. The van der Waals surface area contributed by atoms with Crippen molar-refractivity contribution in [1.82, 2.24) is 19.2 Å². The minimum atomic E-state index is -0.508. The maximum atomic E-state index is 14.1. The maximum absolute atomic E-state index is 14.1. The number of aromatic nitrogens is 3. The van der Waals surface area contributed by atoms with Crippen molar-refractivity contribution in [2.24, 2.45) is 0 Å². The highest BCUT2D eigenvalue weighted by Crippen LogP contribution is 2.39. The van der Waals surface area contributed by atoms with Crippen LogP contribution in [0, 0.1) is 12.7 Å². The molecule has 5 aromatic rings. The van der Waals surface area contributed by atoms with Crippen LogP contribution in [0.1, 0.15) is 28.6 Å². The van der Waals surface area contributed by atoms with Gasteiger partial charge in [0.15, 0.2) is 11.5 Å². The van der Waals surface area contributed by atoms with Crippen LogP contribution >= 0.6 is 0 Å². The fourth-order valence-electron chi connectivity index (χ4n) is 5.25. The van der Waals surface area contributed by atoms with Crippen LogP contribution in [-0.4, -0.2) is 39.5 Å². The topological polar surface area (TPSA) is 73.5 Å². The Morgan fingerprint density at radius 2 is 1.70 bits per heavy atom. The Labute approximate surface area is 231 Å². The first-order chi connectivity index (χ1) is 19.5. The molecule has 0 saturated carbocycles. The summed E-state index contributed by atoms with van der Waals surface area (Å²) in [6.07, 6.45) is 1.97. The van der Waals surface area contributed by atoms with Crippen molar-refractivity contribution in [3.8, 4) is 23.0 Å². The summed E-state index contributed by atoms with van der Waals surface area (Å²) in [6.45, 7) is 2.22. The first-order valence-corrected chi connectivity index (χ1v) is 12.8. The smallest absolute Gasteiger partial charge is 0.322 e. The maximum Gasteiger partial charge on any atom is 0.322 e. The number of para-hydroxylation sites is 1. The highest BCUT2D eigenvalue weighted by molar-refractivity contribution is 5.90. The molecule has 8 nitrogen and oxygen atoms in total. The van der Waals surface area contributed by atoms with Gasteiger partial charge in [-0.05, 0) is 61.0 Å². The number of urea groups is 1. The van der Waals surface area contributed by atoms with Gasteiger partial charge in [-0.3, -0.25) is 0 Å². The van der Waals surface area contributed by atoms with Gasteiger partial charge in [-0.15, -0.1) is 0 Å². The Kier molecular flexibility index (Phi) is 6.47. The molecular weight excluding hydrogens is 509 g/mol. The van der Waals surface area contributed by atoms with Gasteiger partial charge in [0.25, 0.3) is 0 Å². The van der Waals surface area contributed by atoms with Crippen molar-refractivity contribution in [3.63, 3.8) is 0 Å². The molecule has 202 valence electrons. The number of methoxy groups -OCH3 is 2. The minimum Gasteiger partial charge on any atom is -0.493 e. The van der Waals surface area contributed by atoms with E-state index in [1.54, 1.807) is 49.5 Å². The number of aryl methyl sites for hydroxylation is 1. The number of hydrogen-bond donors (Lipinski definition) is 1. The second-order valence-electron chi connectivity index (χ2n) is 9.52. The number of hydrogen-bond acceptors (Lipinski definition) is 4. The van der Waals surface area contributed by atoms with E-state index in [-0.39, 0.29) is 18.4 Å². The molecule has 9 heteroatoms. The van der Waals surface area contributed by atoms with Crippen LogP contribution in [0.3, 0.4) is 0 Å². The molecule has 0 aliphatic carbocycles. The first-order valence-electron chi connectivity index (χ1n) is 12.8. The van der Waals surface area contributed by atoms with Gasteiger partial charge >= 0.3 is 6.03 Å². The van der Waals surface area contributed by atoms with E-state index >= 15 is 0 Å². The van der Waals surface area contributed by atoms with Crippen molar-refractivity contribution in [2.45, 2.75) is 19.5 Å². The number of ether oxygens (including phenoxy) is 2. The molecule has 0 bridgehead atoms. The van der Waals surface area contributed by atoms with Crippen molar-refractivity contribution in [2.75, 3.05) is 19.5 Å². The first kappa shape index (κ1) is 25.2. The van der Waals surface area contributed by atoms with Crippen molar-refractivity contribution < 1.29 is 18.7 Å². The molecule has 2 aromatic heterocycles. The van der Waals surface area contributed by atoms with Gasteiger partial charge in [-0.25, -0.2) is 13.9 Å². The molecule has 0 fully saturated rings. The van der Waals surface area contributed by atoms with Gasteiger partial charge in [0.1, 0.15) is 11.6 Å². The summed E-state index contributed by atoms with van der Waals surface area (Å²) in [5.41, 5.74) is 4.82. The van der Waals surface area contributed by atoms with E-state index in [1.165, 1.54) is 12.1 Å². The van der Waals surface area contributed by atoms with Crippen LogP contribution in [0.2, 0.25) is 0 Å². The zero-order chi connectivity index (χ0) is 27.8. The lowest BCUT2D eigenvalue weighted by atomic mass is 10.0. The van der Waals surface area contributed by atoms with E-state index in [4.69, 9.17) is 14.6 Å². The molecule has 1 atom stereocenters. The number of halogens is 1. The zero-order valence-corrected chi connectivity index (χ0v) is 22.3. The van der Waals surface area contributed by atoms with E-state index in [1.807, 2.05) is 60.3 Å². The largest absolute Gasteiger partial charge is 0.493 e. The van der Waals surface area contributed by atoms with Crippen LogP contribution in [0.4, 0.5) is 14.9 Å². The minimum absolute atomic E-state index is 0.275. The number of rotatable bonds is 5. The summed E-state index contributed by atoms with van der Waals surface area (Å²) < 4.78 is 28.7. The molecule has 6 rings (SSSR count). The Balaban J connectivity index is 1.50. The number of nitrogens with one attached hydrogen (secondary N) is 1. The summed E-state index contributed by atoms with van der Waals surface area (Å²) in [5.74, 6) is 1.58. The Morgan fingerprint density at radius 3 is 2.42 bits per heavy atom. The highest BCUT2D eigenvalue weighted by Gasteiger charge is 2.36. The number of nitrogens with zero attached hydrogens (tertiary/aromatic N) is 4. The molecular formula is C31H28FN5O3. The summed E-state index contributed by atoms with van der Waals surface area (Å²) in [7, 11) is 3.11. The summed E-state index contributed by atoms with van der Waals surface area (Å²) in [5, 5.41) is 7.90. The normalized spacial score (nSPS) is 14.2. The highest BCUT2D eigenvalue weighted by atomic mass is 19.1. The molecule has 2 amide bonds. The number of anilines is 1. The van der Waals surface area contributed by atoms with Gasteiger partial charge in [-0.2, -0.15) is 5.10 Å². The number of fused-ring (bicyclic) bond motifs is 3. The zero-order valence-electron chi connectivity index (χ0n) is 22.3. The number of carbonyl (C=O) groups excluding carboxylic acids is 1. The van der Waals surface area contributed by atoms with Crippen LogP contribution in [-0.2, 0) is 6.54 Å². The summed E-state index contributed by atoms with van der Waals surface area (Å²) in [6, 6.07) is 24.5.